The number of nitrogens with one attached hydrogen (secondary N) is 3. The predicted octanol–water partition coefficient (Wildman–Crippen LogP) is 0.737. The van der Waals surface area contributed by atoms with E-state index in [0.29, 0.717) is 0 Å². The number of hydrogen-bond donors (Lipinski definition) is 3. The summed E-state index contributed by atoms with van der Waals surface area (Å²) < 4.78 is 26.9. The minimum Gasteiger partial charge on any atom is -0.347 e. The Balaban J connectivity index is 2.04. The van der Waals surface area contributed by atoms with Gasteiger partial charge in [0.05, 0.1) is 0 Å². The Labute approximate surface area is 112 Å². The molecule has 0 spiro atoms. The molecule has 1 aromatic heterocycles. The van der Waals surface area contributed by atoms with E-state index >= 15 is 0 Å². The van der Waals surface area contributed by atoms with Crippen LogP contribution in [0.15, 0.2) is 23.0 Å². The van der Waals surface area contributed by atoms with Crippen LogP contribution in [0.1, 0.15) is 23.1 Å². The number of amides is 1. The topological polar surface area (TPSA) is 90.6 Å². The summed E-state index contributed by atoms with van der Waals surface area (Å²) in [6.45, 7) is 1.59. The second kappa shape index (κ2) is 5.64. The summed E-state index contributed by atoms with van der Waals surface area (Å²) in [6.07, 6.45) is -0.0150. The first-order valence-electron chi connectivity index (χ1n) is 5.86. The van der Waals surface area contributed by atoms with Gasteiger partial charge in [0.15, 0.2) is 0 Å². The smallest absolute Gasteiger partial charge is 0.341 e. The van der Waals surface area contributed by atoms with Gasteiger partial charge in [-0.3, -0.25) is 9.78 Å². The van der Waals surface area contributed by atoms with Crippen molar-refractivity contribution in [2.45, 2.75) is 19.4 Å². The quantitative estimate of drug-likeness (QED) is 0.772. The highest BCUT2D eigenvalue weighted by Gasteiger charge is 2.16. The molecule has 0 aliphatic rings. The number of rotatable bonds is 4. The Kier molecular flexibility index (Phi) is 3.92. The highest BCUT2D eigenvalue weighted by Crippen LogP contribution is 2.14. The fraction of sp³-hybridized carbons (Fsp3) is 0.250. The van der Waals surface area contributed by atoms with E-state index < -0.39 is 29.3 Å². The van der Waals surface area contributed by atoms with Gasteiger partial charge in [0.25, 0.3) is 5.91 Å². The zero-order valence-corrected chi connectivity index (χ0v) is 10.5. The molecule has 0 saturated heterocycles. The predicted molar refractivity (Wildman–Crippen MR) is 66.2 cm³/mol. The van der Waals surface area contributed by atoms with E-state index in [2.05, 4.69) is 15.4 Å². The molecule has 3 N–H and O–H groups in total. The van der Waals surface area contributed by atoms with Crippen LogP contribution in [0.5, 0.6) is 0 Å². The number of nitrogens with zero attached hydrogens (tertiary/aromatic N) is 1. The van der Waals surface area contributed by atoms with Crippen LogP contribution in [0.3, 0.4) is 0 Å². The van der Waals surface area contributed by atoms with Crippen LogP contribution in [0.25, 0.3) is 0 Å². The average Bonchev–Trinajstić information content (AvgIpc) is 2.81. The maximum absolute atomic E-state index is 13.5. The molecule has 0 aliphatic carbocycles. The molecule has 0 bridgehead atoms. The molecule has 2 aromatic rings. The van der Waals surface area contributed by atoms with Crippen LogP contribution in [0.2, 0.25) is 0 Å². The highest BCUT2D eigenvalue weighted by atomic mass is 19.1. The van der Waals surface area contributed by atoms with Crippen molar-refractivity contribution >= 4 is 5.91 Å². The summed E-state index contributed by atoms with van der Waals surface area (Å²) in [5.41, 5.74) is -0.709. The van der Waals surface area contributed by atoms with Crippen molar-refractivity contribution in [3.05, 3.63) is 51.7 Å². The SMILES string of the molecule is C[C@@H](Cc1c(F)cccc1F)NC(=O)c1n[nH]c(=O)[nH]1. The molecule has 0 saturated carbocycles. The number of carbonyl (C=O) groups excluding carboxylic acids is 1. The molecule has 20 heavy (non-hydrogen) atoms. The number of hydrogen-bond acceptors (Lipinski definition) is 3. The minimum atomic E-state index is -0.667. The fourth-order valence-corrected chi connectivity index (χ4v) is 1.75. The first-order valence-corrected chi connectivity index (χ1v) is 5.86. The lowest BCUT2D eigenvalue weighted by atomic mass is 10.1. The van der Waals surface area contributed by atoms with Gasteiger partial charge in [-0.2, -0.15) is 0 Å². The van der Waals surface area contributed by atoms with Crippen LogP contribution in [0.4, 0.5) is 8.78 Å². The Hall–Kier alpha value is -2.51. The van der Waals surface area contributed by atoms with Gasteiger partial charge in [-0.15, -0.1) is 5.10 Å². The number of aromatic nitrogens is 3. The first-order chi connectivity index (χ1) is 9.47. The van der Waals surface area contributed by atoms with E-state index in [-0.39, 0.29) is 17.8 Å². The van der Waals surface area contributed by atoms with E-state index in [4.69, 9.17) is 0 Å². The molecular formula is C12H12F2N4O2. The summed E-state index contributed by atoms with van der Waals surface area (Å²) in [7, 11) is 0. The van der Waals surface area contributed by atoms with E-state index in [1.165, 1.54) is 6.07 Å². The van der Waals surface area contributed by atoms with Gasteiger partial charge in [-0.05, 0) is 25.5 Å². The zero-order valence-electron chi connectivity index (χ0n) is 10.5. The van der Waals surface area contributed by atoms with Gasteiger partial charge in [0.1, 0.15) is 11.6 Å². The zero-order chi connectivity index (χ0) is 14.7. The number of H-pyrrole nitrogens is 2. The summed E-state index contributed by atoms with van der Waals surface area (Å²) in [5, 5.41) is 7.99. The Bertz CT molecular complexity index is 660. The molecule has 1 atom stereocenters. The molecule has 106 valence electrons. The van der Waals surface area contributed by atoms with Crippen molar-refractivity contribution in [1.82, 2.24) is 20.5 Å². The monoisotopic (exact) mass is 282 g/mol. The van der Waals surface area contributed by atoms with Gasteiger partial charge < -0.3 is 5.32 Å². The largest absolute Gasteiger partial charge is 0.347 e. The van der Waals surface area contributed by atoms with Gasteiger partial charge in [-0.1, -0.05) is 6.07 Å². The minimum absolute atomic E-state index is 0.0150. The third kappa shape index (κ3) is 3.08. The van der Waals surface area contributed by atoms with Gasteiger partial charge in [-0.25, -0.2) is 18.7 Å². The third-order valence-electron chi connectivity index (χ3n) is 2.67. The Morgan fingerprint density at radius 3 is 2.60 bits per heavy atom. The summed E-state index contributed by atoms with van der Waals surface area (Å²) in [5.74, 6) is -2.15. The molecule has 0 fully saturated rings. The van der Waals surface area contributed by atoms with Crippen LogP contribution in [-0.4, -0.2) is 27.1 Å². The van der Waals surface area contributed by atoms with Crippen molar-refractivity contribution < 1.29 is 13.6 Å². The van der Waals surface area contributed by atoms with Crippen LogP contribution < -0.4 is 11.0 Å². The van der Waals surface area contributed by atoms with E-state index in [1.54, 1.807) is 6.92 Å². The van der Waals surface area contributed by atoms with Crippen molar-refractivity contribution in [1.29, 1.82) is 0 Å². The van der Waals surface area contributed by atoms with Gasteiger partial charge in [0, 0.05) is 11.6 Å². The maximum atomic E-state index is 13.5. The fourth-order valence-electron chi connectivity index (χ4n) is 1.75. The Morgan fingerprint density at radius 1 is 1.40 bits per heavy atom. The Morgan fingerprint density at radius 2 is 2.05 bits per heavy atom. The number of halogens is 2. The van der Waals surface area contributed by atoms with E-state index in [1.807, 2.05) is 5.10 Å². The summed E-state index contributed by atoms with van der Waals surface area (Å²) >= 11 is 0. The van der Waals surface area contributed by atoms with Crippen molar-refractivity contribution in [2.75, 3.05) is 0 Å². The molecular weight excluding hydrogens is 270 g/mol. The molecule has 8 heteroatoms. The normalized spacial score (nSPS) is 12.2. The number of aromatic amines is 2. The second-order valence-corrected chi connectivity index (χ2v) is 4.31. The summed E-state index contributed by atoms with van der Waals surface area (Å²) in [6, 6.07) is 3.04. The number of benzene rings is 1. The lowest BCUT2D eigenvalue weighted by molar-refractivity contribution is 0.0929. The van der Waals surface area contributed by atoms with Crippen molar-refractivity contribution in [3.8, 4) is 0 Å². The third-order valence-corrected chi connectivity index (χ3v) is 2.67. The van der Waals surface area contributed by atoms with Crippen molar-refractivity contribution in [3.63, 3.8) is 0 Å². The lowest BCUT2D eigenvalue weighted by Gasteiger charge is -2.13. The van der Waals surface area contributed by atoms with E-state index in [9.17, 15) is 18.4 Å². The standard InChI is InChI=1S/C12H12F2N4O2/c1-6(5-7-8(13)3-2-4-9(7)14)15-11(19)10-16-12(20)18-17-10/h2-4,6H,5H2,1H3,(H,15,19)(H2,16,17,18,20)/t6-/m0/s1. The first kappa shape index (κ1) is 13.9. The molecule has 1 heterocycles. The van der Waals surface area contributed by atoms with Gasteiger partial charge in [0.2, 0.25) is 5.82 Å². The second-order valence-electron chi connectivity index (χ2n) is 4.31. The summed E-state index contributed by atoms with van der Waals surface area (Å²) in [4.78, 5) is 24.7. The molecule has 0 aliphatic heterocycles. The molecule has 2 rings (SSSR count). The molecule has 0 unspecified atom stereocenters. The molecule has 1 amide bonds. The molecule has 6 nitrogen and oxygen atoms in total. The number of carbonyl (C=O) groups is 1. The van der Waals surface area contributed by atoms with Crippen LogP contribution in [-0.2, 0) is 6.42 Å². The lowest BCUT2D eigenvalue weighted by Crippen LogP contribution is -2.35. The maximum Gasteiger partial charge on any atom is 0.341 e. The average molecular weight is 282 g/mol. The molecule has 1 aromatic carbocycles. The highest BCUT2D eigenvalue weighted by molar-refractivity contribution is 5.90. The molecule has 0 radical (unpaired) electrons. The van der Waals surface area contributed by atoms with Crippen LogP contribution in [0, 0.1) is 11.6 Å². The van der Waals surface area contributed by atoms with Crippen LogP contribution >= 0.6 is 0 Å². The van der Waals surface area contributed by atoms with E-state index in [0.717, 1.165) is 12.1 Å². The van der Waals surface area contributed by atoms with Gasteiger partial charge >= 0.3 is 5.69 Å². The van der Waals surface area contributed by atoms with Crippen molar-refractivity contribution in [2.24, 2.45) is 0 Å².